The number of nitrogens with zero attached hydrogens (tertiary/aromatic N) is 2. The van der Waals surface area contributed by atoms with Gasteiger partial charge in [0.25, 0.3) is 0 Å². The van der Waals surface area contributed by atoms with Gasteiger partial charge < -0.3 is 15.0 Å². The Bertz CT molecular complexity index is 422. The fourth-order valence-corrected chi connectivity index (χ4v) is 2.46. The Morgan fingerprint density at radius 2 is 2.50 bits per heavy atom. The zero-order chi connectivity index (χ0) is 13.0. The molecule has 2 rings (SSSR count). The number of likely N-dealkylation sites (N-methyl/N-ethyl adjacent to an activating group) is 1. The van der Waals surface area contributed by atoms with Crippen LogP contribution in [0.4, 0.5) is 5.82 Å². The van der Waals surface area contributed by atoms with Crippen molar-refractivity contribution in [3.8, 4) is 0 Å². The third-order valence-corrected chi connectivity index (χ3v) is 3.28. The van der Waals surface area contributed by atoms with Gasteiger partial charge in [0.1, 0.15) is 11.4 Å². The third kappa shape index (κ3) is 2.46. The number of hydrogen-bond donors (Lipinski definition) is 1. The van der Waals surface area contributed by atoms with Gasteiger partial charge in [0.2, 0.25) is 0 Å². The molecule has 0 aromatic carbocycles. The van der Waals surface area contributed by atoms with E-state index >= 15 is 0 Å². The molecule has 1 fully saturated rings. The summed E-state index contributed by atoms with van der Waals surface area (Å²) in [5.41, 5.74) is 0.544. The predicted molar refractivity (Wildman–Crippen MR) is 69.9 cm³/mol. The van der Waals surface area contributed by atoms with Crippen LogP contribution in [0.5, 0.6) is 0 Å². The lowest BCUT2D eigenvalue weighted by molar-refractivity contribution is 0.0601. The van der Waals surface area contributed by atoms with E-state index in [-0.39, 0.29) is 5.97 Å². The minimum absolute atomic E-state index is 0.326. The largest absolute Gasteiger partial charge is 0.465 e. The molecule has 0 bridgehead atoms. The van der Waals surface area contributed by atoms with Crippen LogP contribution in [-0.4, -0.2) is 44.2 Å². The number of anilines is 1. The molecular weight excluding hydrogens is 230 g/mol. The topological polar surface area (TPSA) is 54.5 Å². The van der Waals surface area contributed by atoms with E-state index in [1.807, 2.05) is 7.05 Å². The van der Waals surface area contributed by atoms with Crippen LogP contribution in [0.25, 0.3) is 0 Å². The summed E-state index contributed by atoms with van der Waals surface area (Å²) in [6, 6.07) is 3.93. The van der Waals surface area contributed by atoms with Crippen molar-refractivity contribution in [2.24, 2.45) is 0 Å². The van der Waals surface area contributed by atoms with Crippen molar-refractivity contribution in [2.75, 3.05) is 32.1 Å². The van der Waals surface area contributed by atoms with E-state index in [0.717, 1.165) is 31.7 Å². The standard InChI is InChI=1S/C13H19N3O2/c1-14-9-10-5-4-8-16(10)12-11(13(17)18-2)6-3-7-15-12/h3,6-7,10,14H,4-5,8-9H2,1-2H3. The summed E-state index contributed by atoms with van der Waals surface area (Å²) >= 11 is 0. The Balaban J connectivity index is 2.29. The van der Waals surface area contributed by atoms with Crippen molar-refractivity contribution >= 4 is 11.8 Å². The van der Waals surface area contributed by atoms with E-state index in [4.69, 9.17) is 4.74 Å². The quantitative estimate of drug-likeness (QED) is 0.809. The van der Waals surface area contributed by atoms with Crippen molar-refractivity contribution in [1.29, 1.82) is 0 Å². The third-order valence-electron chi connectivity index (χ3n) is 3.28. The molecule has 0 amide bonds. The number of methoxy groups -OCH3 is 1. The molecule has 1 aromatic rings. The second kappa shape index (κ2) is 5.82. The number of aromatic nitrogens is 1. The highest BCUT2D eigenvalue weighted by atomic mass is 16.5. The van der Waals surface area contributed by atoms with Crippen LogP contribution in [0.3, 0.4) is 0 Å². The number of nitrogens with one attached hydrogen (secondary N) is 1. The maximum absolute atomic E-state index is 11.8. The van der Waals surface area contributed by atoms with Gasteiger partial charge in [-0.25, -0.2) is 9.78 Å². The lowest BCUT2D eigenvalue weighted by Crippen LogP contribution is -2.38. The minimum Gasteiger partial charge on any atom is -0.465 e. The highest BCUT2D eigenvalue weighted by Gasteiger charge is 2.28. The van der Waals surface area contributed by atoms with Gasteiger partial charge in [-0.2, -0.15) is 0 Å². The fourth-order valence-electron chi connectivity index (χ4n) is 2.46. The molecule has 1 aromatic heterocycles. The van der Waals surface area contributed by atoms with Crippen LogP contribution < -0.4 is 10.2 Å². The van der Waals surface area contributed by atoms with Gasteiger partial charge in [-0.3, -0.25) is 0 Å². The molecule has 0 spiro atoms. The molecule has 1 aliphatic rings. The average Bonchev–Trinajstić information content (AvgIpc) is 2.86. The van der Waals surface area contributed by atoms with Crippen LogP contribution in [0, 0.1) is 0 Å². The van der Waals surface area contributed by atoms with Crippen molar-refractivity contribution in [2.45, 2.75) is 18.9 Å². The summed E-state index contributed by atoms with van der Waals surface area (Å²) in [6.45, 7) is 1.84. The molecule has 0 radical (unpaired) electrons. The summed E-state index contributed by atoms with van der Waals surface area (Å²) < 4.78 is 4.81. The Hall–Kier alpha value is -1.62. The van der Waals surface area contributed by atoms with E-state index < -0.39 is 0 Å². The number of carbonyl (C=O) groups excluding carboxylic acids is 1. The molecule has 1 atom stereocenters. The molecule has 0 aliphatic carbocycles. The van der Waals surface area contributed by atoms with Gasteiger partial charge in [-0.1, -0.05) is 0 Å². The van der Waals surface area contributed by atoms with Crippen molar-refractivity contribution in [1.82, 2.24) is 10.3 Å². The molecule has 1 aliphatic heterocycles. The Kier molecular flexibility index (Phi) is 4.15. The number of rotatable bonds is 4. The van der Waals surface area contributed by atoms with Gasteiger partial charge in [0.05, 0.1) is 7.11 Å². The second-order valence-corrected chi connectivity index (χ2v) is 4.41. The lowest BCUT2D eigenvalue weighted by atomic mass is 10.2. The van der Waals surface area contributed by atoms with Gasteiger partial charge in [0.15, 0.2) is 0 Å². The zero-order valence-electron chi connectivity index (χ0n) is 10.8. The minimum atomic E-state index is -0.326. The number of carbonyl (C=O) groups is 1. The first-order valence-electron chi connectivity index (χ1n) is 6.22. The first-order valence-corrected chi connectivity index (χ1v) is 6.22. The monoisotopic (exact) mass is 249 g/mol. The van der Waals surface area contributed by atoms with Crippen LogP contribution in [-0.2, 0) is 4.74 Å². The van der Waals surface area contributed by atoms with Gasteiger partial charge in [0, 0.05) is 25.3 Å². The van der Waals surface area contributed by atoms with Crippen LogP contribution in [0.2, 0.25) is 0 Å². The first kappa shape index (κ1) is 12.8. The second-order valence-electron chi connectivity index (χ2n) is 4.41. The Morgan fingerprint density at radius 3 is 3.22 bits per heavy atom. The van der Waals surface area contributed by atoms with E-state index in [2.05, 4.69) is 15.2 Å². The van der Waals surface area contributed by atoms with Gasteiger partial charge in [-0.05, 0) is 32.0 Å². The van der Waals surface area contributed by atoms with E-state index in [1.54, 1.807) is 18.3 Å². The van der Waals surface area contributed by atoms with Gasteiger partial charge >= 0.3 is 5.97 Å². The molecule has 1 N–H and O–H groups in total. The summed E-state index contributed by atoms with van der Waals surface area (Å²) in [6.07, 6.45) is 3.97. The number of pyridine rings is 1. The van der Waals surface area contributed by atoms with E-state index in [9.17, 15) is 4.79 Å². The molecule has 1 saturated heterocycles. The number of esters is 1. The molecule has 0 saturated carbocycles. The Morgan fingerprint density at radius 1 is 1.67 bits per heavy atom. The zero-order valence-corrected chi connectivity index (χ0v) is 10.8. The normalized spacial score (nSPS) is 19.0. The molecular formula is C13H19N3O2. The highest BCUT2D eigenvalue weighted by Crippen LogP contribution is 2.26. The highest BCUT2D eigenvalue weighted by molar-refractivity contribution is 5.94. The van der Waals surface area contributed by atoms with Crippen LogP contribution in [0.1, 0.15) is 23.2 Å². The smallest absolute Gasteiger partial charge is 0.341 e. The van der Waals surface area contributed by atoms with Crippen molar-refractivity contribution < 1.29 is 9.53 Å². The fraction of sp³-hybridized carbons (Fsp3) is 0.538. The van der Waals surface area contributed by atoms with E-state index in [1.165, 1.54) is 7.11 Å². The predicted octanol–water partition coefficient (Wildman–Crippen LogP) is 1.06. The van der Waals surface area contributed by atoms with Gasteiger partial charge in [-0.15, -0.1) is 0 Å². The molecule has 18 heavy (non-hydrogen) atoms. The van der Waals surface area contributed by atoms with Crippen molar-refractivity contribution in [3.63, 3.8) is 0 Å². The van der Waals surface area contributed by atoms with Crippen molar-refractivity contribution in [3.05, 3.63) is 23.9 Å². The Labute approximate surface area is 107 Å². The van der Waals surface area contributed by atoms with E-state index in [0.29, 0.717) is 11.6 Å². The first-order chi connectivity index (χ1) is 8.77. The lowest BCUT2D eigenvalue weighted by Gasteiger charge is -2.26. The summed E-state index contributed by atoms with van der Waals surface area (Å²) in [4.78, 5) is 18.3. The number of ether oxygens (including phenoxy) is 1. The molecule has 5 nitrogen and oxygen atoms in total. The molecule has 1 unspecified atom stereocenters. The summed E-state index contributed by atoms with van der Waals surface area (Å²) in [7, 11) is 3.34. The maximum Gasteiger partial charge on any atom is 0.341 e. The molecule has 98 valence electrons. The van der Waals surface area contributed by atoms with Crippen LogP contribution >= 0.6 is 0 Å². The molecule has 2 heterocycles. The van der Waals surface area contributed by atoms with Crippen LogP contribution in [0.15, 0.2) is 18.3 Å². The summed E-state index contributed by atoms with van der Waals surface area (Å²) in [5.74, 6) is 0.412. The molecule has 5 heteroatoms. The maximum atomic E-state index is 11.8. The average molecular weight is 249 g/mol. The SMILES string of the molecule is CNCC1CCCN1c1ncccc1C(=O)OC. The number of hydrogen-bond acceptors (Lipinski definition) is 5. The summed E-state index contributed by atoms with van der Waals surface area (Å²) in [5, 5.41) is 3.19.